The van der Waals surface area contributed by atoms with Crippen LogP contribution < -0.4 is 5.32 Å². The van der Waals surface area contributed by atoms with Crippen LogP contribution in [0.1, 0.15) is 11.1 Å². The lowest BCUT2D eigenvalue weighted by molar-refractivity contribution is 0.631. The molecule has 0 saturated carbocycles. The first-order valence-corrected chi connectivity index (χ1v) is 7.97. The van der Waals surface area contributed by atoms with Crippen molar-refractivity contribution in [2.75, 3.05) is 11.1 Å². The lowest BCUT2D eigenvalue weighted by atomic mass is 10.1. The Hall–Kier alpha value is -1.81. The van der Waals surface area contributed by atoms with Gasteiger partial charge < -0.3 is 5.32 Å². The fourth-order valence-electron chi connectivity index (χ4n) is 2.37. The Morgan fingerprint density at radius 3 is 2.76 bits per heavy atom. The number of thioether (sulfide) groups is 1. The molecule has 2 aromatic carbocycles. The van der Waals surface area contributed by atoms with Crippen LogP contribution in [0.4, 0.5) is 10.1 Å². The fourth-order valence-corrected chi connectivity index (χ4v) is 3.31. The second kappa shape index (κ2) is 6.31. The number of benzene rings is 2. The van der Waals surface area contributed by atoms with E-state index in [1.54, 1.807) is 17.8 Å². The number of hydrogen-bond acceptors (Lipinski definition) is 3. The van der Waals surface area contributed by atoms with E-state index in [0.717, 1.165) is 22.9 Å². The molecule has 1 aliphatic heterocycles. The normalized spacial score (nSPS) is 17.6. The Balaban J connectivity index is 1.69. The summed E-state index contributed by atoms with van der Waals surface area (Å²) in [7, 11) is 0. The van der Waals surface area contributed by atoms with Gasteiger partial charge in [0.05, 0.1) is 11.7 Å². The highest BCUT2D eigenvalue weighted by atomic mass is 32.2. The minimum absolute atomic E-state index is 0.232. The molecule has 4 heteroatoms. The molecule has 0 saturated heterocycles. The second-order valence-corrected chi connectivity index (χ2v) is 6.15. The molecule has 0 spiro atoms. The quantitative estimate of drug-likeness (QED) is 0.916. The predicted molar refractivity (Wildman–Crippen MR) is 88.6 cm³/mol. The molecule has 0 aliphatic carbocycles. The fraction of sp³-hybridized carbons (Fsp3) is 0.235. The number of nitrogens with zero attached hydrogens (tertiary/aromatic N) is 1. The number of para-hydroxylation sites is 1. The number of aryl methyl sites for hydroxylation is 1. The lowest BCUT2D eigenvalue weighted by Gasteiger charge is -2.09. The molecule has 3 rings (SSSR count). The first-order chi connectivity index (χ1) is 10.2. The SMILES string of the molecule is Cc1cccc(F)c1NC1=NC(Cc2ccccc2)CS1. The summed E-state index contributed by atoms with van der Waals surface area (Å²) in [6, 6.07) is 15.7. The molecule has 2 nitrogen and oxygen atoms in total. The third-order valence-corrected chi connectivity index (χ3v) is 4.51. The summed E-state index contributed by atoms with van der Waals surface area (Å²) < 4.78 is 13.8. The Kier molecular flexibility index (Phi) is 4.25. The highest BCUT2D eigenvalue weighted by Gasteiger charge is 2.20. The van der Waals surface area contributed by atoms with Crippen LogP contribution in [0.15, 0.2) is 53.5 Å². The summed E-state index contributed by atoms with van der Waals surface area (Å²) >= 11 is 1.65. The molecule has 2 aromatic rings. The first kappa shape index (κ1) is 14.1. The second-order valence-electron chi connectivity index (χ2n) is 5.15. The molecule has 1 aliphatic rings. The standard InChI is InChI=1S/C17H17FN2S/c1-12-6-5-9-15(18)16(12)20-17-19-14(11-21-17)10-13-7-3-2-4-8-13/h2-9,14H,10-11H2,1H3,(H,19,20). The van der Waals surface area contributed by atoms with Gasteiger partial charge in [-0.15, -0.1) is 0 Å². The Bertz CT molecular complexity index is 635. The van der Waals surface area contributed by atoms with Gasteiger partial charge in [-0.05, 0) is 30.5 Å². The van der Waals surface area contributed by atoms with E-state index in [2.05, 4.69) is 22.4 Å². The van der Waals surface area contributed by atoms with Crippen LogP contribution in [0.25, 0.3) is 0 Å². The zero-order chi connectivity index (χ0) is 14.7. The first-order valence-electron chi connectivity index (χ1n) is 6.99. The Morgan fingerprint density at radius 1 is 1.19 bits per heavy atom. The summed E-state index contributed by atoms with van der Waals surface area (Å²) in [5, 5.41) is 3.94. The maximum Gasteiger partial charge on any atom is 0.161 e. The monoisotopic (exact) mass is 300 g/mol. The van der Waals surface area contributed by atoms with Crippen molar-refractivity contribution in [1.29, 1.82) is 0 Å². The molecular weight excluding hydrogens is 283 g/mol. The molecule has 0 bridgehead atoms. The van der Waals surface area contributed by atoms with Crippen LogP contribution in [0.5, 0.6) is 0 Å². The number of nitrogens with one attached hydrogen (secondary N) is 1. The van der Waals surface area contributed by atoms with Crippen LogP contribution in [-0.2, 0) is 6.42 Å². The molecule has 21 heavy (non-hydrogen) atoms. The average Bonchev–Trinajstić information content (AvgIpc) is 2.91. The maximum atomic E-state index is 13.8. The highest BCUT2D eigenvalue weighted by molar-refractivity contribution is 8.14. The lowest BCUT2D eigenvalue weighted by Crippen LogP contribution is -2.09. The van der Waals surface area contributed by atoms with E-state index >= 15 is 0 Å². The van der Waals surface area contributed by atoms with E-state index in [-0.39, 0.29) is 11.9 Å². The van der Waals surface area contributed by atoms with Crippen molar-refractivity contribution in [2.45, 2.75) is 19.4 Å². The predicted octanol–water partition coefficient (Wildman–Crippen LogP) is 4.26. The largest absolute Gasteiger partial charge is 0.332 e. The smallest absolute Gasteiger partial charge is 0.161 e. The highest BCUT2D eigenvalue weighted by Crippen LogP contribution is 2.25. The summed E-state index contributed by atoms with van der Waals surface area (Å²) in [6.45, 7) is 1.90. The van der Waals surface area contributed by atoms with Gasteiger partial charge in [0, 0.05) is 5.75 Å². The molecule has 108 valence electrons. The van der Waals surface area contributed by atoms with Crippen molar-refractivity contribution < 1.29 is 4.39 Å². The van der Waals surface area contributed by atoms with Crippen molar-refractivity contribution in [1.82, 2.24) is 0 Å². The van der Waals surface area contributed by atoms with Gasteiger partial charge in [0.1, 0.15) is 5.82 Å². The van der Waals surface area contributed by atoms with Crippen LogP contribution in [0.2, 0.25) is 0 Å². The number of hydrogen-bond donors (Lipinski definition) is 1. The van der Waals surface area contributed by atoms with Gasteiger partial charge >= 0.3 is 0 Å². The van der Waals surface area contributed by atoms with Crippen LogP contribution in [0.3, 0.4) is 0 Å². The molecule has 0 aromatic heterocycles. The van der Waals surface area contributed by atoms with Gasteiger partial charge in [0.15, 0.2) is 5.17 Å². The van der Waals surface area contributed by atoms with Crippen molar-refractivity contribution in [3.63, 3.8) is 0 Å². The van der Waals surface area contributed by atoms with Crippen molar-refractivity contribution in [3.05, 3.63) is 65.5 Å². The zero-order valence-electron chi connectivity index (χ0n) is 11.8. The minimum Gasteiger partial charge on any atom is -0.332 e. The molecule has 1 N–H and O–H groups in total. The summed E-state index contributed by atoms with van der Waals surface area (Å²) in [6.07, 6.45) is 0.926. The van der Waals surface area contributed by atoms with Crippen molar-refractivity contribution >= 4 is 22.6 Å². The minimum atomic E-state index is -0.232. The van der Waals surface area contributed by atoms with E-state index in [1.165, 1.54) is 11.6 Å². The molecule has 1 heterocycles. The van der Waals surface area contributed by atoms with Crippen LogP contribution >= 0.6 is 11.8 Å². The van der Waals surface area contributed by atoms with E-state index in [4.69, 9.17) is 0 Å². The van der Waals surface area contributed by atoms with E-state index in [0.29, 0.717) is 5.69 Å². The number of amidine groups is 1. The molecular formula is C17H17FN2S. The van der Waals surface area contributed by atoms with Crippen molar-refractivity contribution in [2.24, 2.45) is 4.99 Å². The Morgan fingerprint density at radius 2 is 2.00 bits per heavy atom. The zero-order valence-corrected chi connectivity index (χ0v) is 12.7. The summed E-state index contributed by atoms with van der Waals surface area (Å²) in [5.41, 5.74) is 2.71. The van der Waals surface area contributed by atoms with Gasteiger partial charge in [-0.3, -0.25) is 4.99 Å². The molecule has 1 unspecified atom stereocenters. The number of anilines is 1. The average molecular weight is 300 g/mol. The summed E-state index contributed by atoms with van der Waals surface area (Å²) in [5.74, 6) is 0.704. The van der Waals surface area contributed by atoms with E-state index in [9.17, 15) is 4.39 Å². The Labute approximate surface area is 128 Å². The van der Waals surface area contributed by atoms with Gasteiger partial charge in [-0.2, -0.15) is 0 Å². The van der Waals surface area contributed by atoms with Gasteiger partial charge in [0.25, 0.3) is 0 Å². The van der Waals surface area contributed by atoms with Crippen molar-refractivity contribution in [3.8, 4) is 0 Å². The van der Waals surface area contributed by atoms with E-state index in [1.807, 2.05) is 31.2 Å². The molecule has 0 radical (unpaired) electrons. The maximum absolute atomic E-state index is 13.8. The van der Waals surface area contributed by atoms with Crippen LogP contribution in [-0.4, -0.2) is 17.0 Å². The van der Waals surface area contributed by atoms with Gasteiger partial charge in [0.2, 0.25) is 0 Å². The summed E-state index contributed by atoms with van der Waals surface area (Å²) in [4.78, 5) is 4.66. The number of rotatable bonds is 3. The number of halogens is 1. The third kappa shape index (κ3) is 3.45. The molecule has 0 fully saturated rings. The molecule has 0 amide bonds. The van der Waals surface area contributed by atoms with Gasteiger partial charge in [-0.1, -0.05) is 54.2 Å². The molecule has 1 atom stereocenters. The van der Waals surface area contributed by atoms with Crippen LogP contribution in [0, 0.1) is 12.7 Å². The topological polar surface area (TPSA) is 24.4 Å². The van der Waals surface area contributed by atoms with E-state index < -0.39 is 0 Å². The number of aliphatic imine (C=N–C) groups is 1. The third-order valence-electron chi connectivity index (χ3n) is 3.48. The van der Waals surface area contributed by atoms with Gasteiger partial charge in [-0.25, -0.2) is 4.39 Å².